The Bertz CT molecular complexity index is 1560. The Morgan fingerprint density at radius 3 is 2.02 bits per heavy atom. The third-order valence-electron chi connectivity index (χ3n) is 9.51. The van der Waals surface area contributed by atoms with Gasteiger partial charge in [0.2, 0.25) is 5.91 Å². The number of carbonyl (C=O) groups is 1. The number of allylic oxidation sites excluding steroid dienone is 1. The number of hydrogen-bond donors (Lipinski definition) is 0. The largest absolute Gasteiger partial charge is 0.407 e. The maximum Gasteiger partial charge on any atom is 0.261 e. The van der Waals surface area contributed by atoms with Crippen LogP contribution in [0.3, 0.4) is 0 Å². The molecule has 0 aliphatic carbocycles. The minimum atomic E-state index is -2.71. The van der Waals surface area contributed by atoms with Crippen molar-refractivity contribution in [1.82, 2.24) is 4.90 Å². The van der Waals surface area contributed by atoms with Crippen molar-refractivity contribution in [3.8, 4) is 0 Å². The van der Waals surface area contributed by atoms with Crippen LogP contribution in [0.2, 0.25) is 15.1 Å². The number of amides is 1. The number of carbonyl (C=O) groups excluding carboxylic acids is 1. The molecule has 4 aromatic rings. The molecule has 4 atom stereocenters. The summed E-state index contributed by atoms with van der Waals surface area (Å²) < 4.78 is 7.27. The third kappa shape index (κ3) is 7.06. The van der Waals surface area contributed by atoms with Gasteiger partial charge in [-0.25, -0.2) is 0 Å². The Labute approximate surface area is 286 Å². The highest BCUT2D eigenvalue weighted by atomic mass is 35.5. The van der Waals surface area contributed by atoms with E-state index in [1.165, 1.54) is 10.4 Å². The van der Waals surface area contributed by atoms with Crippen LogP contribution < -0.4 is 10.4 Å². The van der Waals surface area contributed by atoms with Crippen molar-refractivity contribution in [2.75, 3.05) is 6.61 Å². The highest BCUT2D eigenvalue weighted by molar-refractivity contribution is 6.99. The number of likely N-dealkylation sites (tertiary alicyclic amines) is 1. The van der Waals surface area contributed by atoms with Gasteiger partial charge in [-0.1, -0.05) is 135 Å². The predicted octanol–water partition coefficient (Wildman–Crippen LogP) is 9.60. The molecule has 0 spiro atoms. The van der Waals surface area contributed by atoms with E-state index < -0.39 is 8.32 Å². The molecule has 1 fully saturated rings. The van der Waals surface area contributed by atoms with E-state index in [9.17, 15) is 4.79 Å². The Balaban J connectivity index is 1.52. The average Bonchev–Trinajstić information content (AvgIpc) is 3.04. The molecule has 0 bridgehead atoms. The predicted molar refractivity (Wildman–Crippen MR) is 196 cm³/mol. The lowest BCUT2D eigenvalue weighted by Gasteiger charge is -2.48. The van der Waals surface area contributed by atoms with E-state index in [0.717, 1.165) is 17.5 Å². The highest BCUT2D eigenvalue weighted by Crippen LogP contribution is 2.48. The number of rotatable bonds is 11. The number of piperidine rings is 1. The molecule has 1 aliphatic rings. The Hall–Kier alpha value is -3.15. The van der Waals surface area contributed by atoms with Crippen LogP contribution in [-0.4, -0.2) is 31.8 Å². The molecule has 5 rings (SSSR count). The second-order valence-electron chi connectivity index (χ2n) is 13.5. The van der Waals surface area contributed by atoms with Gasteiger partial charge in [-0.05, 0) is 77.0 Å². The van der Waals surface area contributed by atoms with Crippen LogP contribution in [0, 0.1) is 5.92 Å². The van der Waals surface area contributed by atoms with Crippen molar-refractivity contribution in [1.29, 1.82) is 0 Å². The van der Waals surface area contributed by atoms with E-state index in [4.69, 9.17) is 27.6 Å². The standard InChI is InChI=1S/C40H45Cl2NO2Si/c1-6-14-32-28-37(31-15-13-16-34(42)27-31)38(30-21-23-33(41)24-22-30)43(39(32)44)29(2)25-26-45-46(40(3,4)5,35-17-9-7-10-18-35)36-19-11-8-12-20-36/h6-13,15-24,27,29,32,37-38H,1,14,25-26,28H2,2-5H3/t29-,32+,37+,38+/m0/s1. The first-order valence-corrected chi connectivity index (χ1v) is 18.9. The molecular formula is C40H45Cl2NO2Si. The van der Waals surface area contributed by atoms with Crippen LogP contribution in [0.15, 0.2) is 122 Å². The third-order valence-corrected chi connectivity index (χ3v) is 15.0. The Morgan fingerprint density at radius 2 is 1.48 bits per heavy atom. The minimum Gasteiger partial charge on any atom is -0.407 e. The smallest absolute Gasteiger partial charge is 0.261 e. The molecule has 0 unspecified atom stereocenters. The van der Waals surface area contributed by atoms with Gasteiger partial charge in [0.05, 0.1) is 6.04 Å². The molecule has 6 heteroatoms. The summed E-state index contributed by atoms with van der Waals surface area (Å²) in [5.74, 6) is 0.0590. The van der Waals surface area contributed by atoms with Crippen LogP contribution >= 0.6 is 23.2 Å². The van der Waals surface area contributed by atoms with Gasteiger partial charge >= 0.3 is 0 Å². The normalized spacial score (nSPS) is 19.6. The fourth-order valence-electron chi connectivity index (χ4n) is 7.36. The van der Waals surface area contributed by atoms with Crippen LogP contribution in [0.5, 0.6) is 0 Å². The number of nitrogens with zero attached hydrogens (tertiary/aromatic N) is 1. The molecule has 0 aromatic heterocycles. The molecule has 1 heterocycles. The zero-order valence-corrected chi connectivity index (χ0v) is 29.8. The second-order valence-corrected chi connectivity index (χ2v) is 18.7. The second kappa shape index (κ2) is 14.7. The van der Waals surface area contributed by atoms with Gasteiger partial charge in [0, 0.05) is 34.5 Å². The summed E-state index contributed by atoms with van der Waals surface area (Å²) in [7, 11) is -2.71. The van der Waals surface area contributed by atoms with Gasteiger partial charge in [-0.15, -0.1) is 6.58 Å². The Morgan fingerprint density at radius 1 is 0.870 bits per heavy atom. The average molecular weight is 671 g/mol. The molecule has 1 aliphatic heterocycles. The van der Waals surface area contributed by atoms with Crippen molar-refractivity contribution in [2.45, 2.75) is 70.0 Å². The van der Waals surface area contributed by atoms with Gasteiger partial charge in [0.1, 0.15) is 0 Å². The molecule has 1 amide bonds. The zero-order valence-electron chi connectivity index (χ0n) is 27.3. The summed E-state index contributed by atoms with van der Waals surface area (Å²) in [5, 5.41) is 3.75. The maximum atomic E-state index is 14.4. The quantitative estimate of drug-likeness (QED) is 0.118. The van der Waals surface area contributed by atoms with Crippen LogP contribution in [0.4, 0.5) is 0 Å². The molecule has 1 saturated heterocycles. The minimum absolute atomic E-state index is 0.0579. The highest BCUT2D eigenvalue weighted by Gasteiger charge is 2.50. The number of benzene rings is 4. The lowest BCUT2D eigenvalue weighted by Crippen LogP contribution is -2.66. The Kier molecular flexibility index (Phi) is 10.9. The van der Waals surface area contributed by atoms with Crippen LogP contribution in [0.25, 0.3) is 0 Å². The molecular weight excluding hydrogens is 625 g/mol. The van der Waals surface area contributed by atoms with Crippen molar-refractivity contribution in [3.63, 3.8) is 0 Å². The van der Waals surface area contributed by atoms with Crippen molar-refractivity contribution in [2.24, 2.45) is 5.92 Å². The van der Waals surface area contributed by atoms with Crippen molar-refractivity contribution >= 4 is 47.8 Å². The van der Waals surface area contributed by atoms with E-state index in [1.807, 2.05) is 36.4 Å². The molecule has 240 valence electrons. The monoisotopic (exact) mass is 669 g/mol. The van der Waals surface area contributed by atoms with Gasteiger partial charge in [-0.3, -0.25) is 4.79 Å². The molecule has 4 aromatic carbocycles. The number of halogens is 2. The molecule has 46 heavy (non-hydrogen) atoms. The summed E-state index contributed by atoms with van der Waals surface area (Å²) in [6, 6.07) is 37.2. The molecule has 0 N–H and O–H groups in total. The lowest BCUT2D eigenvalue weighted by atomic mass is 9.74. The van der Waals surface area contributed by atoms with Gasteiger partial charge in [0.25, 0.3) is 8.32 Å². The summed E-state index contributed by atoms with van der Waals surface area (Å²) in [5.41, 5.74) is 2.20. The zero-order chi connectivity index (χ0) is 32.9. The van der Waals surface area contributed by atoms with Crippen LogP contribution in [-0.2, 0) is 9.22 Å². The summed E-state index contributed by atoms with van der Waals surface area (Å²) in [4.78, 5) is 16.5. The van der Waals surface area contributed by atoms with Crippen LogP contribution in [0.1, 0.15) is 70.0 Å². The lowest BCUT2D eigenvalue weighted by molar-refractivity contribution is -0.146. The van der Waals surface area contributed by atoms with E-state index in [0.29, 0.717) is 29.5 Å². The molecule has 3 nitrogen and oxygen atoms in total. The van der Waals surface area contributed by atoms with Gasteiger partial charge in [-0.2, -0.15) is 0 Å². The van der Waals surface area contributed by atoms with E-state index in [2.05, 4.69) is 118 Å². The van der Waals surface area contributed by atoms with E-state index >= 15 is 0 Å². The van der Waals surface area contributed by atoms with E-state index in [1.54, 1.807) is 0 Å². The summed E-state index contributed by atoms with van der Waals surface area (Å²) in [6.07, 6.45) is 3.92. The summed E-state index contributed by atoms with van der Waals surface area (Å²) in [6.45, 7) is 13.6. The topological polar surface area (TPSA) is 29.5 Å². The molecule has 0 radical (unpaired) electrons. The van der Waals surface area contributed by atoms with Gasteiger partial charge in [0.15, 0.2) is 0 Å². The van der Waals surface area contributed by atoms with E-state index in [-0.39, 0.29) is 34.9 Å². The first kappa shape index (κ1) is 34.2. The first-order valence-electron chi connectivity index (χ1n) is 16.3. The first-order chi connectivity index (χ1) is 22.1. The van der Waals surface area contributed by atoms with Gasteiger partial charge < -0.3 is 9.33 Å². The fraction of sp³-hybridized carbons (Fsp3) is 0.325. The number of hydrogen-bond acceptors (Lipinski definition) is 2. The summed E-state index contributed by atoms with van der Waals surface area (Å²) >= 11 is 12.9. The maximum absolute atomic E-state index is 14.4. The fourth-order valence-corrected chi connectivity index (χ4v) is 12.3. The molecule has 0 saturated carbocycles. The SMILES string of the molecule is C=CC[C@@H]1C[C@H](c2cccc(Cl)c2)[C@@H](c2ccc(Cl)cc2)N([C@@H](C)CCO[Si](c2ccccc2)(c2ccccc2)C(C)(C)C)C1=O. The van der Waals surface area contributed by atoms with Crippen molar-refractivity contribution in [3.05, 3.63) is 143 Å². The van der Waals surface area contributed by atoms with Crippen molar-refractivity contribution < 1.29 is 9.22 Å².